The zero-order valence-corrected chi connectivity index (χ0v) is 14.9. The first kappa shape index (κ1) is 18.0. The fourth-order valence-corrected chi connectivity index (χ4v) is 3.18. The van der Waals surface area contributed by atoms with Crippen molar-refractivity contribution < 1.29 is 18.0 Å². The molecule has 0 spiro atoms. The lowest BCUT2D eigenvalue weighted by Gasteiger charge is -2.14. The summed E-state index contributed by atoms with van der Waals surface area (Å²) in [5, 5.41) is 0. The van der Waals surface area contributed by atoms with Gasteiger partial charge < -0.3 is 0 Å². The number of ketones is 1. The Morgan fingerprint density at radius 3 is 2.39 bits per heavy atom. The topological polar surface area (TPSA) is 34.4 Å². The van der Waals surface area contributed by atoms with Crippen LogP contribution in [0.3, 0.4) is 0 Å². The highest BCUT2D eigenvalue weighted by Crippen LogP contribution is 2.38. The average Bonchev–Trinajstić information content (AvgIpc) is 3.11. The molecule has 0 atom stereocenters. The second-order valence-corrected chi connectivity index (χ2v) is 6.47. The van der Waals surface area contributed by atoms with Crippen LogP contribution < -0.4 is 0 Å². The van der Waals surface area contributed by atoms with Crippen molar-refractivity contribution in [3.8, 4) is 22.5 Å². The minimum atomic E-state index is -4.46. The van der Waals surface area contributed by atoms with Gasteiger partial charge in [-0.05, 0) is 42.3 Å². The van der Waals surface area contributed by atoms with Crippen LogP contribution in [0, 0.1) is 0 Å². The summed E-state index contributed by atoms with van der Waals surface area (Å²) in [5.41, 5.74) is 2.18. The molecule has 0 amide bonds. The van der Waals surface area contributed by atoms with Gasteiger partial charge in [-0.15, -0.1) is 0 Å². The maximum absolute atomic E-state index is 13.3. The van der Waals surface area contributed by atoms with Crippen molar-refractivity contribution in [1.29, 1.82) is 0 Å². The van der Waals surface area contributed by atoms with Crippen LogP contribution in [0.1, 0.15) is 22.8 Å². The van der Waals surface area contributed by atoms with E-state index in [2.05, 4.69) is 4.98 Å². The number of nitrogens with zero attached hydrogens (tertiary/aromatic N) is 2. The minimum absolute atomic E-state index is 0.102. The number of benzene rings is 2. The molecule has 140 valence electrons. The van der Waals surface area contributed by atoms with E-state index < -0.39 is 11.7 Å². The van der Waals surface area contributed by atoms with Crippen molar-refractivity contribution in [2.75, 3.05) is 0 Å². The van der Waals surface area contributed by atoms with Gasteiger partial charge in [-0.25, -0.2) is 4.98 Å². The predicted molar refractivity (Wildman–Crippen MR) is 101 cm³/mol. The predicted octanol–water partition coefficient (Wildman–Crippen LogP) is 5.89. The summed E-state index contributed by atoms with van der Waals surface area (Å²) in [4.78, 5) is 15.9. The molecule has 4 rings (SSSR count). The average molecular weight is 380 g/mol. The van der Waals surface area contributed by atoms with Crippen molar-refractivity contribution >= 4 is 11.3 Å². The van der Waals surface area contributed by atoms with Gasteiger partial charge in [-0.2, -0.15) is 13.2 Å². The summed E-state index contributed by atoms with van der Waals surface area (Å²) < 4.78 is 41.8. The van der Waals surface area contributed by atoms with Gasteiger partial charge in [0.1, 0.15) is 5.82 Å². The first-order valence-corrected chi connectivity index (χ1v) is 8.60. The molecule has 0 aliphatic carbocycles. The third-order valence-corrected chi connectivity index (χ3v) is 4.63. The molecule has 2 heterocycles. The zero-order chi connectivity index (χ0) is 19.9. The molecule has 2 aromatic carbocycles. The fraction of sp³-hybridized carbons (Fsp3) is 0.0909. The number of rotatable bonds is 3. The van der Waals surface area contributed by atoms with E-state index in [1.165, 1.54) is 13.0 Å². The number of alkyl halides is 3. The van der Waals surface area contributed by atoms with Gasteiger partial charge in [0.2, 0.25) is 0 Å². The normalized spacial score (nSPS) is 11.7. The van der Waals surface area contributed by atoms with Gasteiger partial charge in [0.15, 0.2) is 5.78 Å². The molecule has 0 unspecified atom stereocenters. The summed E-state index contributed by atoms with van der Waals surface area (Å²) in [6.07, 6.45) is -0.963. The fourth-order valence-electron chi connectivity index (χ4n) is 3.18. The van der Waals surface area contributed by atoms with Crippen molar-refractivity contribution in [1.82, 2.24) is 9.38 Å². The molecule has 0 bridgehead atoms. The zero-order valence-electron chi connectivity index (χ0n) is 14.9. The van der Waals surface area contributed by atoms with Crippen LogP contribution in [0.4, 0.5) is 13.2 Å². The van der Waals surface area contributed by atoms with Gasteiger partial charge in [0, 0.05) is 17.3 Å². The molecule has 0 saturated heterocycles. The van der Waals surface area contributed by atoms with Crippen molar-refractivity contribution in [2.24, 2.45) is 0 Å². The highest BCUT2D eigenvalue weighted by atomic mass is 19.4. The number of aromatic nitrogens is 2. The van der Waals surface area contributed by atoms with E-state index in [0.717, 1.165) is 17.6 Å². The number of hydrogen-bond acceptors (Lipinski definition) is 2. The molecule has 0 N–H and O–H groups in total. The lowest BCUT2D eigenvalue weighted by molar-refractivity contribution is -0.137. The van der Waals surface area contributed by atoms with Crippen LogP contribution >= 0.6 is 0 Å². The van der Waals surface area contributed by atoms with Crippen LogP contribution in [0.2, 0.25) is 0 Å². The monoisotopic (exact) mass is 380 g/mol. The van der Waals surface area contributed by atoms with E-state index in [0.29, 0.717) is 28.1 Å². The second-order valence-electron chi connectivity index (χ2n) is 6.47. The summed E-state index contributed by atoms with van der Waals surface area (Å²) in [5.74, 6) is 0.449. The van der Waals surface area contributed by atoms with Crippen LogP contribution in [-0.4, -0.2) is 15.2 Å². The van der Waals surface area contributed by atoms with Crippen LogP contribution in [0.15, 0.2) is 73.1 Å². The number of carbonyl (C=O) groups excluding carboxylic acids is 1. The number of carbonyl (C=O) groups is 1. The highest BCUT2D eigenvalue weighted by Gasteiger charge is 2.31. The van der Waals surface area contributed by atoms with E-state index in [1.54, 1.807) is 30.5 Å². The van der Waals surface area contributed by atoms with Crippen LogP contribution in [0.25, 0.3) is 28.0 Å². The molecule has 6 heteroatoms. The number of fused-ring (bicyclic) bond motifs is 1. The van der Waals surface area contributed by atoms with E-state index >= 15 is 0 Å². The molecule has 0 aliphatic rings. The standard InChI is InChI=1S/C22H15F3N2O/c1-14(28)15-5-7-16(8-6-15)20-12-17(22(23,24)25)9-10-19(20)21-26-13-18-4-2-3-11-27(18)21/h2-13H,1H3. The largest absolute Gasteiger partial charge is 0.416 e. The Kier molecular flexibility index (Phi) is 4.26. The summed E-state index contributed by atoms with van der Waals surface area (Å²) in [7, 11) is 0. The third-order valence-electron chi connectivity index (χ3n) is 4.63. The number of halogens is 3. The lowest BCUT2D eigenvalue weighted by atomic mass is 9.95. The van der Waals surface area contributed by atoms with Gasteiger partial charge in [0.25, 0.3) is 0 Å². The quantitative estimate of drug-likeness (QED) is 0.415. The van der Waals surface area contributed by atoms with E-state index in [1.807, 2.05) is 28.8 Å². The minimum Gasteiger partial charge on any atom is -0.300 e. The van der Waals surface area contributed by atoms with Crippen molar-refractivity contribution in [2.45, 2.75) is 13.1 Å². The molecular weight excluding hydrogens is 365 g/mol. The molecule has 4 aromatic rings. The molecular formula is C22H15F3N2O. The van der Waals surface area contributed by atoms with Crippen LogP contribution in [-0.2, 0) is 6.18 Å². The maximum Gasteiger partial charge on any atom is 0.416 e. The van der Waals surface area contributed by atoms with E-state index in [9.17, 15) is 18.0 Å². The summed E-state index contributed by atoms with van der Waals surface area (Å²) in [6, 6.07) is 15.8. The van der Waals surface area contributed by atoms with Gasteiger partial charge >= 0.3 is 6.18 Å². The van der Waals surface area contributed by atoms with E-state index in [-0.39, 0.29) is 5.78 Å². The lowest BCUT2D eigenvalue weighted by Crippen LogP contribution is -2.05. The summed E-state index contributed by atoms with van der Waals surface area (Å²) >= 11 is 0. The SMILES string of the molecule is CC(=O)c1ccc(-c2cc(C(F)(F)F)ccc2-c2ncc3ccccn23)cc1. The van der Waals surface area contributed by atoms with Gasteiger partial charge in [0.05, 0.1) is 17.3 Å². The number of pyridine rings is 1. The molecule has 2 aromatic heterocycles. The third kappa shape index (κ3) is 3.17. The number of Topliss-reactive ketones (excluding diaryl/α,β-unsaturated/α-hetero) is 1. The van der Waals surface area contributed by atoms with Gasteiger partial charge in [-0.3, -0.25) is 9.20 Å². The Balaban J connectivity index is 1.95. The van der Waals surface area contributed by atoms with Crippen molar-refractivity contribution in [3.05, 3.63) is 84.2 Å². The first-order chi connectivity index (χ1) is 13.3. The Morgan fingerprint density at radius 1 is 0.964 bits per heavy atom. The molecule has 28 heavy (non-hydrogen) atoms. The molecule has 0 fully saturated rings. The highest BCUT2D eigenvalue weighted by molar-refractivity contribution is 5.95. The maximum atomic E-state index is 13.3. The summed E-state index contributed by atoms with van der Waals surface area (Å²) in [6.45, 7) is 1.45. The Bertz CT molecular complexity index is 1170. The number of imidazole rings is 1. The van der Waals surface area contributed by atoms with Crippen LogP contribution in [0.5, 0.6) is 0 Å². The Labute approximate surface area is 159 Å². The van der Waals surface area contributed by atoms with E-state index in [4.69, 9.17) is 0 Å². The Hall–Kier alpha value is -3.41. The first-order valence-electron chi connectivity index (χ1n) is 8.60. The molecule has 3 nitrogen and oxygen atoms in total. The molecule has 0 aliphatic heterocycles. The number of hydrogen-bond donors (Lipinski definition) is 0. The molecule has 0 radical (unpaired) electrons. The van der Waals surface area contributed by atoms with Crippen molar-refractivity contribution in [3.63, 3.8) is 0 Å². The molecule has 0 saturated carbocycles. The Morgan fingerprint density at radius 2 is 1.71 bits per heavy atom. The second kappa shape index (κ2) is 6.64. The van der Waals surface area contributed by atoms with Gasteiger partial charge in [-0.1, -0.05) is 36.4 Å². The smallest absolute Gasteiger partial charge is 0.300 e.